The number of hydrogen-bond donors (Lipinski definition) is 1. The van der Waals surface area contributed by atoms with Crippen LogP contribution in [0.5, 0.6) is 0 Å². The molecular formula is C20H30O2. The minimum absolute atomic E-state index is 0.107. The Balaban J connectivity index is 1.70. The number of allylic oxidation sites excluding steroid dienone is 1. The van der Waals surface area contributed by atoms with Crippen molar-refractivity contribution in [3.05, 3.63) is 11.6 Å². The number of rotatable bonds is 0. The van der Waals surface area contributed by atoms with Crippen molar-refractivity contribution < 1.29 is 9.90 Å². The van der Waals surface area contributed by atoms with Crippen LogP contribution in [0.4, 0.5) is 0 Å². The molecule has 2 nitrogen and oxygen atoms in total. The van der Waals surface area contributed by atoms with Crippen LogP contribution in [0.1, 0.15) is 72.1 Å². The fourth-order valence-electron chi connectivity index (χ4n) is 6.80. The quantitative estimate of drug-likeness (QED) is 0.725. The van der Waals surface area contributed by atoms with E-state index in [0.29, 0.717) is 11.7 Å². The summed E-state index contributed by atoms with van der Waals surface area (Å²) in [5.41, 5.74) is 1.32. The Kier molecular flexibility index (Phi) is 3.03. The zero-order chi connectivity index (χ0) is 15.8. The molecule has 2 unspecified atom stereocenters. The van der Waals surface area contributed by atoms with Crippen molar-refractivity contribution in [3.63, 3.8) is 0 Å². The van der Waals surface area contributed by atoms with E-state index in [2.05, 4.69) is 20.8 Å². The maximum Gasteiger partial charge on any atom is 0.155 e. The summed E-state index contributed by atoms with van der Waals surface area (Å²) in [5.74, 6) is 2.50. The highest BCUT2D eigenvalue weighted by molar-refractivity contribution is 5.91. The van der Waals surface area contributed by atoms with E-state index in [1.165, 1.54) is 24.8 Å². The number of ketones is 1. The number of fused-ring (bicyclic) bond motifs is 5. The molecule has 0 saturated heterocycles. The van der Waals surface area contributed by atoms with Gasteiger partial charge in [-0.1, -0.05) is 19.4 Å². The molecule has 0 amide bonds. The highest BCUT2D eigenvalue weighted by Gasteiger charge is 2.62. The van der Waals surface area contributed by atoms with Crippen LogP contribution >= 0.6 is 0 Å². The van der Waals surface area contributed by atoms with Gasteiger partial charge >= 0.3 is 0 Å². The van der Waals surface area contributed by atoms with Crippen molar-refractivity contribution in [2.24, 2.45) is 28.6 Å². The molecule has 4 aliphatic carbocycles. The molecule has 22 heavy (non-hydrogen) atoms. The molecule has 3 saturated carbocycles. The van der Waals surface area contributed by atoms with Crippen molar-refractivity contribution in [1.29, 1.82) is 0 Å². The normalized spacial score (nSPS) is 54.3. The van der Waals surface area contributed by atoms with Crippen LogP contribution in [0.15, 0.2) is 11.6 Å². The first-order chi connectivity index (χ1) is 10.3. The van der Waals surface area contributed by atoms with Gasteiger partial charge in [-0.25, -0.2) is 0 Å². The van der Waals surface area contributed by atoms with Gasteiger partial charge in [0.1, 0.15) is 0 Å². The van der Waals surface area contributed by atoms with Crippen LogP contribution in [0, 0.1) is 28.6 Å². The molecule has 0 spiro atoms. The van der Waals surface area contributed by atoms with Gasteiger partial charge in [-0.05, 0) is 86.5 Å². The van der Waals surface area contributed by atoms with E-state index in [-0.39, 0.29) is 10.8 Å². The van der Waals surface area contributed by atoms with Crippen molar-refractivity contribution >= 4 is 5.78 Å². The molecule has 0 aromatic heterocycles. The molecule has 0 aliphatic heterocycles. The zero-order valence-corrected chi connectivity index (χ0v) is 14.3. The van der Waals surface area contributed by atoms with Crippen molar-refractivity contribution in [2.75, 3.05) is 0 Å². The van der Waals surface area contributed by atoms with Crippen LogP contribution in [-0.2, 0) is 4.79 Å². The molecule has 4 rings (SSSR count). The maximum atomic E-state index is 11.8. The second-order valence-electron chi connectivity index (χ2n) is 9.24. The number of carbonyl (C=O) groups is 1. The van der Waals surface area contributed by atoms with Crippen LogP contribution in [0.3, 0.4) is 0 Å². The Hall–Kier alpha value is -0.630. The number of carbonyl (C=O) groups excluding carboxylic acids is 1. The van der Waals surface area contributed by atoms with E-state index in [9.17, 15) is 9.90 Å². The van der Waals surface area contributed by atoms with Gasteiger partial charge in [0.15, 0.2) is 5.78 Å². The van der Waals surface area contributed by atoms with E-state index >= 15 is 0 Å². The first-order valence-electron chi connectivity index (χ1n) is 9.24. The molecule has 0 bridgehead atoms. The molecule has 0 radical (unpaired) electrons. The van der Waals surface area contributed by atoms with Gasteiger partial charge in [0, 0.05) is 6.42 Å². The number of aliphatic hydroxyl groups is 1. The standard InChI is InChI=1S/C20H30O2/c1-18-9-6-14(21)12-13(18)4-5-15-16(18)7-10-19(2)17(15)8-11-20(19,3)22/h12,15-17,22H,4-11H2,1-3H3/t15-,16?,17?,18+,19+,20-/m1/s1. The average molecular weight is 302 g/mol. The topological polar surface area (TPSA) is 37.3 Å². The lowest BCUT2D eigenvalue weighted by atomic mass is 9.46. The Morgan fingerprint density at radius 2 is 1.73 bits per heavy atom. The SMILES string of the molecule is C[C@]12CCC(=O)C=C1CC[C@@H]1C2CC[C@@]2(C)C1CC[C@@]2(C)O. The van der Waals surface area contributed by atoms with Crippen LogP contribution in [0.25, 0.3) is 0 Å². The molecule has 0 heterocycles. The van der Waals surface area contributed by atoms with Gasteiger partial charge in [0.25, 0.3) is 0 Å². The van der Waals surface area contributed by atoms with Crippen molar-refractivity contribution in [2.45, 2.75) is 77.7 Å². The van der Waals surface area contributed by atoms with Crippen LogP contribution in [-0.4, -0.2) is 16.5 Å². The Labute approximate surface area is 134 Å². The Bertz CT molecular complexity index is 546. The van der Waals surface area contributed by atoms with E-state index in [0.717, 1.165) is 43.9 Å². The van der Waals surface area contributed by atoms with Gasteiger partial charge in [-0.3, -0.25) is 4.79 Å². The maximum absolute atomic E-state index is 11.8. The van der Waals surface area contributed by atoms with E-state index in [1.54, 1.807) is 0 Å². The van der Waals surface area contributed by atoms with Gasteiger partial charge in [-0.15, -0.1) is 0 Å². The van der Waals surface area contributed by atoms with Crippen molar-refractivity contribution in [1.82, 2.24) is 0 Å². The molecular weight excluding hydrogens is 272 g/mol. The molecule has 6 atom stereocenters. The second-order valence-corrected chi connectivity index (χ2v) is 9.24. The third-order valence-corrected chi connectivity index (χ3v) is 8.52. The average Bonchev–Trinajstić information content (AvgIpc) is 2.70. The minimum atomic E-state index is -0.484. The molecule has 2 heteroatoms. The summed E-state index contributed by atoms with van der Waals surface area (Å²) in [5, 5.41) is 10.9. The molecule has 1 N–H and O–H groups in total. The monoisotopic (exact) mass is 302 g/mol. The summed E-state index contributed by atoms with van der Waals surface area (Å²) in [6.45, 7) is 6.85. The molecule has 3 fully saturated rings. The lowest BCUT2D eigenvalue weighted by molar-refractivity contribution is -0.124. The summed E-state index contributed by atoms with van der Waals surface area (Å²) < 4.78 is 0. The van der Waals surface area contributed by atoms with E-state index in [1.807, 2.05) is 6.08 Å². The first kappa shape index (κ1) is 14.9. The molecule has 122 valence electrons. The smallest absolute Gasteiger partial charge is 0.155 e. The highest BCUT2D eigenvalue weighted by Crippen LogP contribution is 2.67. The van der Waals surface area contributed by atoms with Gasteiger partial charge < -0.3 is 5.11 Å². The predicted molar refractivity (Wildman–Crippen MR) is 87.3 cm³/mol. The van der Waals surface area contributed by atoms with E-state index in [4.69, 9.17) is 0 Å². The third-order valence-electron chi connectivity index (χ3n) is 8.52. The van der Waals surface area contributed by atoms with Crippen molar-refractivity contribution in [3.8, 4) is 0 Å². The first-order valence-corrected chi connectivity index (χ1v) is 9.24. The van der Waals surface area contributed by atoms with Gasteiger partial charge in [0.2, 0.25) is 0 Å². The third kappa shape index (κ3) is 1.74. The fraction of sp³-hybridized carbons (Fsp3) is 0.850. The van der Waals surface area contributed by atoms with E-state index < -0.39 is 5.60 Å². The lowest BCUT2D eigenvalue weighted by Gasteiger charge is -2.58. The Morgan fingerprint density at radius 3 is 2.50 bits per heavy atom. The van der Waals surface area contributed by atoms with Crippen LogP contribution in [0.2, 0.25) is 0 Å². The zero-order valence-electron chi connectivity index (χ0n) is 14.3. The second kappa shape index (κ2) is 4.47. The predicted octanol–water partition coefficient (Wildman–Crippen LogP) is 4.27. The molecule has 4 aliphatic rings. The van der Waals surface area contributed by atoms with Gasteiger partial charge in [0.05, 0.1) is 5.60 Å². The minimum Gasteiger partial charge on any atom is -0.390 e. The summed E-state index contributed by atoms with van der Waals surface area (Å²) in [7, 11) is 0. The summed E-state index contributed by atoms with van der Waals surface area (Å²) >= 11 is 0. The largest absolute Gasteiger partial charge is 0.390 e. The molecule has 0 aromatic carbocycles. The summed E-state index contributed by atoms with van der Waals surface area (Å²) in [4.78, 5) is 11.8. The summed E-state index contributed by atoms with van der Waals surface area (Å²) in [6, 6.07) is 0. The van der Waals surface area contributed by atoms with Gasteiger partial charge in [-0.2, -0.15) is 0 Å². The lowest BCUT2D eigenvalue weighted by Crippen LogP contribution is -2.53. The molecule has 0 aromatic rings. The van der Waals surface area contributed by atoms with Crippen LogP contribution < -0.4 is 0 Å². The highest BCUT2D eigenvalue weighted by atomic mass is 16.3. The fourth-order valence-corrected chi connectivity index (χ4v) is 6.80. The summed E-state index contributed by atoms with van der Waals surface area (Å²) in [6.07, 6.45) is 10.7. The number of hydrogen-bond acceptors (Lipinski definition) is 2. The Morgan fingerprint density at radius 1 is 1.00 bits per heavy atom.